The molecule has 1 aromatic rings. The Kier molecular flexibility index (Phi) is 19.0. The molecule has 33 heavy (non-hydrogen) atoms. The van der Waals surface area contributed by atoms with Crippen LogP contribution in [0.4, 0.5) is 0 Å². The summed E-state index contributed by atoms with van der Waals surface area (Å²) in [6.45, 7) is 7.22. The van der Waals surface area contributed by atoms with Gasteiger partial charge in [0, 0.05) is 13.5 Å². The molecule has 0 amide bonds. The molecule has 4 nitrogen and oxygen atoms in total. The van der Waals surface area contributed by atoms with Gasteiger partial charge in [0.05, 0.1) is 19.3 Å². The van der Waals surface area contributed by atoms with E-state index in [1.54, 1.807) is 0 Å². The molecule has 0 saturated carbocycles. The summed E-state index contributed by atoms with van der Waals surface area (Å²) in [5.41, 5.74) is 1.11. The van der Waals surface area contributed by atoms with Crippen LogP contribution in [0.2, 0.25) is 0 Å². The second-order valence-electron chi connectivity index (χ2n) is 9.32. The van der Waals surface area contributed by atoms with Gasteiger partial charge in [-0.25, -0.2) is 0 Å². The Morgan fingerprint density at radius 2 is 1.30 bits per heavy atom. The first-order valence-corrected chi connectivity index (χ1v) is 13.5. The van der Waals surface area contributed by atoms with Crippen molar-refractivity contribution in [1.29, 1.82) is 0 Å². The lowest BCUT2D eigenvalue weighted by Gasteiger charge is -2.24. The Morgan fingerprint density at radius 3 is 1.82 bits per heavy atom. The average Bonchev–Trinajstić information content (AvgIpc) is 2.81. The Morgan fingerprint density at radius 1 is 0.788 bits per heavy atom. The van der Waals surface area contributed by atoms with E-state index in [9.17, 15) is 4.79 Å². The summed E-state index contributed by atoms with van der Waals surface area (Å²) in [6, 6.07) is 10.0. The molecule has 1 aromatic carbocycles. The summed E-state index contributed by atoms with van der Waals surface area (Å²) < 4.78 is 17.2. The standard InChI is InChI=1S/C29H50O4/c1-4-5-6-7-8-9-10-11-12-13-14-15-16-20-23-32-26(2)29(33-27(3)30)25-31-24-28-21-18-17-19-22-28/h17-19,21-22,26,29H,4-16,20,23-25H2,1-3H3. The topological polar surface area (TPSA) is 44.8 Å². The van der Waals surface area contributed by atoms with Crippen molar-refractivity contribution in [3.8, 4) is 0 Å². The van der Waals surface area contributed by atoms with Gasteiger partial charge in [-0.15, -0.1) is 0 Å². The second-order valence-corrected chi connectivity index (χ2v) is 9.32. The first-order chi connectivity index (χ1) is 16.1. The molecular weight excluding hydrogens is 412 g/mol. The van der Waals surface area contributed by atoms with Gasteiger partial charge in [0.15, 0.2) is 6.10 Å². The van der Waals surface area contributed by atoms with Crippen molar-refractivity contribution in [2.45, 2.75) is 129 Å². The molecule has 190 valence electrons. The molecule has 0 aliphatic rings. The maximum Gasteiger partial charge on any atom is 0.303 e. The lowest BCUT2D eigenvalue weighted by Crippen LogP contribution is -2.35. The summed E-state index contributed by atoms with van der Waals surface area (Å²) in [6.07, 6.45) is 18.3. The minimum Gasteiger partial charge on any atom is -0.457 e. The van der Waals surface area contributed by atoms with E-state index in [4.69, 9.17) is 14.2 Å². The number of hydrogen-bond donors (Lipinski definition) is 0. The minimum absolute atomic E-state index is 0.174. The van der Waals surface area contributed by atoms with Crippen LogP contribution in [-0.2, 0) is 25.6 Å². The molecule has 0 N–H and O–H groups in total. The zero-order chi connectivity index (χ0) is 24.0. The molecule has 4 heteroatoms. The van der Waals surface area contributed by atoms with Crippen LogP contribution in [0.3, 0.4) is 0 Å². The van der Waals surface area contributed by atoms with Gasteiger partial charge in [-0.05, 0) is 18.9 Å². The summed E-state index contributed by atoms with van der Waals surface area (Å²) in [7, 11) is 0. The van der Waals surface area contributed by atoms with Gasteiger partial charge in [-0.2, -0.15) is 0 Å². The Hall–Kier alpha value is -1.39. The molecule has 2 unspecified atom stereocenters. The Bertz CT molecular complexity index is 560. The van der Waals surface area contributed by atoms with E-state index in [1.807, 2.05) is 37.3 Å². The smallest absolute Gasteiger partial charge is 0.303 e. The number of unbranched alkanes of at least 4 members (excludes halogenated alkanes) is 13. The minimum atomic E-state index is -0.377. The monoisotopic (exact) mass is 462 g/mol. The van der Waals surface area contributed by atoms with E-state index in [-0.39, 0.29) is 18.2 Å². The molecule has 0 radical (unpaired) electrons. The highest BCUT2D eigenvalue weighted by Crippen LogP contribution is 2.14. The van der Waals surface area contributed by atoms with E-state index < -0.39 is 0 Å². The Balaban J connectivity index is 2.00. The highest BCUT2D eigenvalue weighted by molar-refractivity contribution is 5.66. The predicted molar refractivity (Wildman–Crippen MR) is 137 cm³/mol. The van der Waals surface area contributed by atoms with Crippen LogP contribution in [-0.4, -0.2) is 31.4 Å². The molecule has 0 aliphatic carbocycles. The maximum atomic E-state index is 11.5. The molecule has 1 rings (SSSR count). The van der Waals surface area contributed by atoms with Gasteiger partial charge < -0.3 is 14.2 Å². The zero-order valence-electron chi connectivity index (χ0n) is 21.7. The molecule has 0 spiro atoms. The summed E-state index contributed by atoms with van der Waals surface area (Å²) in [5, 5.41) is 0. The fourth-order valence-electron chi connectivity index (χ4n) is 4.02. The van der Waals surface area contributed by atoms with Crippen molar-refractivity contribution in [3.05, 3.63) is 35.9 Å². The highest BCUT2D eigenvalue weighted by atomic mass is 16.6. The van der Waals surface area contributed by atoms with E-state index in [0.717, 1.165) is 12.0 Å². The molecule has 0 fully saturated rings. The molecule has 0 aromatic heterocycles. The molecule has 0 bridgehead atoms. The third-order valence-electron chi connectivity index (χ3n) is 6.11. The normalized spacial score (nSPS) is 13.1. The third kappa shape index (κ3) is 17.7. The fraction of sp³-hybridized carbons (Fsp3) is 0.759. The van der Waals surface area contributed by atoms with Crippen molar-refractivity contribution in [2.24, 2.45) is 0 Å². The first-order valence-electron chi connectivity index (χ1n) is 13.5. The number of hydrogen-bond acceptors (Lipinski definition) is 4. The quantitative estimate of drug-likeness (QED) is 0.129. The molecule has 0 heterocycles. The molecule has 0 saturated heterocycles. The van der Waals surface area contributed by atoms with Crippen molar-refractivity contribution in [3.63, 3.8) is 0 Å². The lowest BCUT2D eigenvalue weighted by molar-refractivity contribution is -0.160. The molecule has 0 aliphatic heterocycles. The number of rotatable bonds is 22. The van der Waals surface area contributed by atoms with Crippen LogP contribution >= 0.6 is 0 Å². The van der Waals surface area contributed by atoms with Gasteiger partial charge >= 0.3 is 5.97 Å². The summed E-state index contributed by atoms with van der Waals surface area (Å²) in [4.78, 5) is 11.5. The van der Waals surface area contributed by atoms with Gasteiger partial charge in [-0.1, -0.05) is 121 Å². The van der Waals surface area contributed by atoms with Crippen molar-refractivity contribution < 1.29 is 19.0 Å². The zero-order valence-corrected chi connectivity index (χ0v) is 21.7. The Labute approximate surface area is 203 Å². The molecule has 2 atom stereocenters. The van der Waals surface area contributed by atoms with Crippen LogP contribution in [0.15, 0.2) is 30.3 Å². The van der Waals surface area contributed by atoms with Crippen molar-refractivity contribution in [1.82, 2.24) is 0 Å². The predicted octanol–water partition coefficient (Wildman–Crippen LogP) is 8.02. The van der Waals surface area contributed by atoms with E-state index in [0.29, 0.717) is 19.8 Å². The van der Waals surface area contributed by atoms with Gasteiger partial charge in [0.2, 0.25) is 0 Å². The number of benzene rings is 1. The fourth-order valence-corrected chi connectivity index (χ4v) is 4.02. The van der Waals surface area contributed by atoms with Crippen molar-refractivity contribution in [2.75, 3.05) is 13.2 Å². The van der Waals surface area contributed by atoms with Crippen LogP contribution in [0.5, 0.6) is 0 Å². The largest absolute Gasteiger partial charge is 0.457 e. The number of esters is 1. The SMILES string of the molecule is CCCCCCCCCCCCCCCCOC(C)C(COCc1ccccc1)OC(C)=O. The van der Waals surface area contributed by atoms with E-state index in [1.165, 1.54) is 90.4 Å². The maximum absolute atomic E-state index is 11.5. The van der Waals surface area contributed by atoms with E-state index in [2.05, 4.69) is 6.92 Å². The van der Waals surface area contributed by atoms with Gasteiger partial charge in [0.1, 0.15) is 0 Å². The second kappa shape index (κ2) is 21.2. The van der Waals surface area contributed by atoms with Crippen LogP contribution in [0.1, 0.15) is 116 Å². The number of ether oxygens (including phenoxy) is 3. The van der Waals surface area contributed by atoms with Crippen LogP contribution in [0.25, 0.3) is 0 Å². The van der Waals surface area contributed by atoms with Crippen molar-refractivity contribution >= 4 is 5.97 Å². The number of carbonyl (C=O) groups excluding carboxylic acids is 1. The van der Waals surface area contributed by atoms with Crippen LogP contribution < -0.4 is 0 Å². The summed E-state index contributed by atoms with van der Waals surface area (Å²) in [5.74, 6) is -0.296. The number of carbonyl (C=O) groups is 1. The van der Waals surface area contributed by atoms with E-state index >= 15 is 0 Å². The first kappa shape index (κ1) is 29.6. The average molecular weight is 463 g/mol. The van der Waals surface area contributed by atoms with Crippen LogP contribution in [0, 0.1) is 0 Å². The lowest BCUT2D eigenvalue weighted by atomic mass is 10.0. The highest BCUT2D eigenvalue weighted by Gasteiger charge is 2.21. The summed E-state index contributed by atoms with van der Waals surface area (Å²) >= 11 is 0. The third-order valence-corrected chi connectivity index (χ3v) is 6.11. The van der Waals surface area contributed by atoms with Gasteiger partial charge in [0.25, 0.3) is 0 Å². The molecular formula is C29H50O4. The van der Waals surface area contributed by atoms with Gasteiger partial charge in [-0.3, -0.25) is 4.79 Å².